The zero-order valence-electron chi connectivity index (χ0n) is 19.5. The van der Waals surface area contributed by atoms with Crippen LogP contribution in [0.1, 0.15) is 62.9 Å². The second kappa shape index (κ2) is 19.3. The minimum absolute atomic E-state index is 0. The minimum Gasteiger partial charge on any atom is -0.379 e. The normalized spacial score (nSPS) is 12.1. The molecule has 0 aliphatic heterocycles. The average Bonchev–Trinajstić information content (AvgIpc) is 2.76. The van der Waals surface area contributed by atoms with Crippen molar-refractivity contribution in [2.24, 2.45) is 4.99 Å². The standard InChI is InChI=1S/C23H40N4O3.HI/c1-5-8-14-29-16-17-30-15-13-25-23(24-7-3)26-18-20-9-11-21(12-10-20)22(28)27-19(4)6-2;/h9-12,19H,5-8,13-18H2,1-4H3,(H,27,28)(H2,24,25,26);1H. The molecule has 7 nitrogen and oxygen atoms in total. The third-order valence-corrected chi connectivity index (χ3v) is 4.52. The van der Waals surface area contributed by atoms with Crippen molar-refractivity contribution in [3.8, 4) is 0 Å². The molecular weight excluding hydrogens is 507 g/mol. The monoisotopic (exact) mass is 548 g/mol. The zero-order valence-corrected chi connectivity index (χ0v) is 21.9. The first-order chi connectivity index (χ1) is 14.6. The first kappa shape index (κ1) is 29.6. The van der Waals surface area contributed by atoms with Gasteiger partial charge in [0.15, 0.2) is 5.96 Å². The molecule has 31 heavy (non-hydrogen) atoms. The topological polar surface area (TPSA) is 84.0 Å². The highest BCUT2D eigenvalue weighted by Gasteiger charge is 2.08. The van der Waals surface area contributed by atoms with Crippen molar-refractivity contribution in [2.45, 2.75) is 59.5 Å². The summed E-state index contributed by atoms with van der Waals surface area (Å²) in [5.74, 6) is 0.712. The fraction of sp³-hybridized carbons (Fsp3) is 0.652. The van der Waals surface area contributed by atoms with Crippen LogP contribution in [0.2, 0.25) is 0 Å². The van der Waals surface area contributed by atoms with E-state index in [1.807, 2.05) is 38.1 Å². The van der Waals surface area contributed by atoms with E-state index in [-0.39, 0.29) is 35.9 Å². The van der Waals surface area contributed by atoms with Gasteiger partial charge in [-0.3, -0.25) is 4.79 Å². The van der Waals surface area contributed by atoms with Gasteiger partial charge in [0.1, 0.15) is 0 Å². The molecule has 0 heterocycles. The maximum atomic E-state index is 12.2. The number of hydrogen-bond donors (Lipinski definition) is 3. The molecule has 0 bridgehead atoms. The summed E-state index contributed by atoms with van der Waals surface area (Å²) in [6.45, 7) is 12.9. The average molecular weight is 549 g/mol. The largest absolute Gasteiger partial charge is 0.379 e. The Hall–Kier alpha value is -1.39. The second-order valence-corrected chi connectivity index (χ2v) is 7.18. The lowest BCUT2D eigenvalue weighted by molar-refractivity contribution is 0.0487. The zero-order chi connectivity index (χ0) is 22.0. The summed E-state index contributed by atoms with van der Waals surface area (Å²) >= 11 is 0. The molecule has 178 valence electrons. The molecule has 1 unspecified atom stereocenters. The Morgan fingerprint density at radius 3 is 2.29 bits per heavy atom. The van der Waals surface area contributed by atoms with Gasteiger partial charge < -0.3 is 25.4 Å². The summed E-state index contributed by atoms with van der Waals surface area (Å²) in [5, 5.41) is 9.48. The van der Waals surface area contributed by atoms with Gasteiger partial charge in [-0.15, -0.1) is 24.0 Å². The van der Waals surface area contributed by atoms with E-state index in [2.05, 4.69) is 34.8 Å². The van der Waals surface area contributed by atoms with Crippen molar-refractivity contribution in [1.82, 2.24) is 16.0 Å². The molecule has 1 aromatic rings. The number of benzene rings is 1. The molecule has 1 atom stereocenters. The number of nitrogens with one attached hydrogen (secondary N) is 3. The maximum absolute atomic E-state index is 12.2. The van der Waals surface area contributed by atoms with Crippen LogP contribution in [0.3, 0.4) is 0 Å². The van der Waals surface area contributed by atoms with E-state index in [1.165, 1.54) is 0 Å². The van der Waals surface area contributed by atoms with E-state index in [0.29, 0.717) is 38.5 Å². The van der Waals surface area contributed by atoms with Crippen molar-refractivity contribution >= 4 is 35.8 Å². The van der Waals surface area contributed by atoms with Crippen molar-refractivity contribution < 1.29 is 14.3 Å². The van der Waals surface area contributed by atoms with Crippen LogP contribution in [0.4, 0.5) is 0 Å². The van der Waals surface area contributed by atoms with Gasteiger partial charge in [-0.25, -0.2) is 4.99 Å². The van der Waals surface area contributed by atoms with Crippen LogP contribution in [-0.2, 0) is 16.0 Å². The third kappa shape index (κ3) is 14.3. The number of carbonyl (C=O) groups is 1. The highest BCUT2D eigenvalue weighted by atomic mass is 127. The SMILES string of the molecule is CCCCOCCOCCNC(=NCc1ccc(C(=O)NC(C)CC)cc1)NCC.I. The van der Waals surface area contributed by atoms with Gasteiger partial charge in [0.25, 0.3) is 5.91 Å². The molecule has 0 spiro atoms. The van der Waals surface area contributed by atoms with Crippen LogP contribution in [0, 0.1) is 0 Å². The van der Waals surface area contributed by atoms with Crippen LogP contribution in [-0.4, -0.2) is 57.4 Å². The molecule has 0 aliphatic rings. The van der Waals surface area contributed by atoms with Crippen LogP contribution < -0.4 is 16.0 Å². The molecule has 1 amide bonds. The van der Waals surface area contributed by atoms with E-state index in [4.69, 9.17) is 9.47 Å². The van der Waals surface area contributed by atoms with Crippen molar-refractivity contribution in [3.05, 3.63) is 35.4 Å². The van der Waals surface area contributed by atoms with E-state index >= 15 is 0 Å². The number of hydrogen-bond acceptors (Lipinski definition) is 4. The van der Waals surface area contributed by atoms with Crippen molar-refractivity contribution in [3.63, 3.8) is 0 Å². The Morgan fingerprint density at radius 2 is 1.68 bits per heavy atom. The summed E-state index contributed by atoms with van der Waals surface area (Å²) in [4.78, 5) is 16.8. The van der Waals surface area contributed by atoms with Crippen LogP contribution in [0.5, 0.6) is 0 Å². The molecule has 3 N–H and O–H groups in total. The van der Waals surface area contributed by atoms with Gasteiger partial charge in [0.2, 0.25) is 0 Å². The molecule has 0 saturated heterocycles. The van der Waals surface area contributed by atoms with Crippen molar-refractivity contribution in [1.29, 1.82) is 0 Å². The van der Waals surface area contributed by atoms with Crippen molar-refractivity contribution in [2.75, 3.05) is 39.5 Å². The molecule has 0 aromatic heterocycles. The van der Waals surface area contributed by atoms with Crippen LogP contribution >= 0.6 is 24.0 Å². The Labute approximate surface area is 205 Å². The Morgan fingerprint density at radius 1 is 1.00 bits per heavy atom. The molecule has 1 rings (SSSR count). The van der Waals surface area contributed by atoms with Gasteiger partial charge in [0, 0.05) is 31.3 Å². The number of carbonyl (C=O) groups excluding carboxylic acids is 1. The lowest BCUT2D eigenvalue weighted by Crippen LogP contribution is -2.39. The highest BCUT2D eigenvalue weighted by molar-refractivity contribution is 14.0. The minimum atomic E-state index is -0.0369. The Bertz CT molecular complexity index is 611. The fourth-order valence-corrected chi connectivity index (χ4v) is 2.49. The molecule has 0 aliphatic carbocycles. The molecule has 0 saturated carbocycles. The molecule has 0 fully saturated rings. The maximum Gasteiger partial charge on any atom is 0.251 e. The molecular formula is C23H41IN4O3. The second-order valence-electron chi connectivity index (χ2n) is 7.18. The van der Waals surface area contributed by atoms with Crippen LogP contribution in [0.15, 0.2) is 29.3 Å². The summed E-state index contributed by atoms with van der Waals surface area (Å²) in [5.41, 5.74) is 1.72. The molecule has 0 radical (unpaired) electrons. The fourth-order valence-electron chi connectivity index (χ4n) is 2.49. The van der Waals surface area contributed by atoms with Gasteiger partial charge in [-0.2, -0.15) is 0 Å². The summed E-state index contributed by atoms with van der Waals surface area (Å²) < 4.78 is 11.0. The summed E-state index contributed by atoms with van der Waals surface area (Å²) in [7, 11) is 0. The number of ether oxygens (including phenoxy) is 2. The van der Waals surface area contributed by atoms with E-state index in [0.717, 1.165) is 43.9 Å². The number of amides is 1. The van der Waals surface area contributed by atoms with Gasteiger partial charge in [-0.05, 0) is 44.4 Å². The number of rotatable bonds is 15. The summed E-state index contributed by atoms with van der Waals surface area (Å²) in [6, 6.07) is 7.76. The predicted octanol–water partition coefficient (Wildman–Crippen LogP) is 3.72. The van der Waals surface area contributed by atoms with E-state index < -0.39 is 0 Å². The number of halogens is 1. The number of guanidine groups is 1. The molecule has 1 aromatic carbocycles. The highest BCUT2D eigenvalue weighted by Crippen LogP contribution is 2.06. The Balaban J connectivity index is 0.00000900. The predicted molar refractivity (Wildman–Crippen MR) is 138 cm³/mol. The third-order valence-electron chi connectivity index (χ3n) is 4.52. The van der Waals surface area contributed by atoms with E-state index in [1.54, 1.807) is 0 Å². The van der Waals surface area contributed by atoms with Gasteiger partial charge in [0.05, 0.1) is 26.4 Å². The number of aliphatic imine (C=N–C) groups is 1. The van der Waals surface area contributed by atoms with Gasteiger partial charge in [-0.1, -0.05) is 32.4 Å². The molecule has 8 heteroatoms. The number of nitrogens with zero attached hydrogens (tertiary/aromatic N) is 1. The summed E-state index contributed by atoms with van der Waals surface area (Å²) in [6.07, 6.45) is 3.16. The first-order valence-electron chi connectivity index (χ1n) is 11.2. The smallest absolute Gasteiger partial charge is 0.251 e. The first-order valence-corrected chi connectivity index (χ1v) is 11.2. The number of unbranched alkanes of at least 4 members (excludes halogenated alkanes) is 1. The van der Waals surface area contributed by atoms with Gasteiger partial charge >= 0.3 is 0 Å². The quantitative estimate of drug-likeness (QED) is 0.135. The Kier molecular flexibility index (Phi) is 18.4. The lowest BCUT2D eigenvalue weighted by Gasteiger charge is -2.12. The van der Waals surface area contributed by atoms with E-state index in [9.17, 15) is 4.79 Å². The lowest BCUT2D eigenvalue weighted by atomic mass is 10.1. The van der Waals surface area contributed by atoms with Crippen LogP contribution in [0.25, 0.3) is 0 Å².